The molecule has 4 aromatic rings. The SMILES string of the molecule is CCOc1ccc2c(C)cc(N/N=C/c3ccnc4ccccc34)nc2c1. The zero-order valence-electron chi connectivity index (χ0n) is 15.3. The topological polar surface area (TPSA) is 59.4 Å². The molecule has 0 aliphatic heterocycles. The van der Waals surface area contributed by atoms with Crippen molar-refractivity contribution in [2.24, 2.45) is 5.10 Å². The standard InChI is InChI=1S/C22H20N4O/c1-3-27-17-8-9-18-15(2)12-22(25-21(18)13-17)26-24-14-16-10-11-23-20-7-5-4-6-19(16)20/h4-14H,3H2,1-2H3,(H,25,26)/b24-14+. The number of rotatable bonds is 5. The normalized spacial score (nSPS) is 11.3. The van der Waals surface area contributed by atoms with Crippen LogP contribution < -0.4 is 10.2 Å². The van der Waals surface area contributed by atoms with Gasteiger partial charge in [0.05, 0.1) is 23.9 Å². The highest BCUT2D eigenvalue weighted by Gasteiger charge is 2.04. The lowest BCUT2D eigenvalue weighted by Crippen LogP contribution is -1.97. The highest BCUT2D eigenvalue weighted by Crippen LogP contribution is 2.24. The lowest BCUT2D eigenvalue weighted by atomic mass is 10.1. The van der Waals surface area contributed by atoms with Crippen molar-refractivity contribution in [3.63, 3.8) is 0 Å². The molecule has 5 nitrogen and oxygen atoms in total. The minimum atomic E-state index is 0.632. The maximum absolute atomic E-state index is 5.58. The number of para-hydroxylation sites is 1. The van der Waals surface area contributed by atoms with E-state index in [9.17, 15) is 0 Å². The summed E-state index contributed by atoms with van der Waals surface area (Å²) in [5.41, 5.74) is 7.01. The molecule has 27 heavy (non-hydrogen) atoms. The second-order valence-corrected chi connectivity index (χ2v) is 6.22. The minimum Gasteiger partial charge on any atom is -0.494 e. The lowest BCUT2D eigenvalue weighted by molar-refractivity contribution is 0.340. The molecule has 0 radical (unpaired) electrons. The number of benzene rings is 2. The third-order valence-corrected chi connectivity index (χ3v) is 4.36. The van der Waals surface area contributed by atoms with Gasteiger partial charge < -0.3 is 4.74 Å². The van der Waals surface area contributed by atoms with Gasteiger partial charge in [-0.05, 0) is 49.7 Å². The Morgan fingerprint density at radius 1 is 1.04 bits per heavy atom. The zero-order chi connectivity index (χ0) is 18.6. The number of fused-ring (bicyclic) bond motifs is 2. The van der Waals surface area contributed by atoms with Gasteiger partial charge in [0.25, 0.3) is 0 Å². The van der Waals surface area contributed by atoms with Crippen molar-refractivity contribution >= 4 is 33.8 Å². The molecule has 2 aromatic heterocycles. The number of hydrazone groups is 1. The number of ether oxygens (including phenoxy) is 1. The van der Waals surface area contributed by atoms with Crippen molar-refractivity contribution in [2.75, 3.05) is 12.0 Å². The molecular weight excluding hydrogens is 336 g/mol. The third kappa shape index (κ3) is 3.58. The Labute approximate surface area is 157 Å². The summed E-state index contributed by atoms with van der Waals surface area (Å²) in [5.74, 6) is 1.52. The number of nitrogens with zero attached hydrogens (tertiary/aromatic N) is 3. The van der Waals surface area contributed by atoms with Crippen molar-refractivity contribution in [2.45, 2.75) is 13.8 Å². The van der Waals surface area contributed by atoms with E-state index in [0.717, 1.165) is 38.7 Å². The first-order valence-electron chi connectivity index (χ1n) is 8.91. The van der Waals surface area contributed by atoms with E-state index < -0.39 is 0 Å². The van der Waals surface area contributed by atoms with Crippen molar-refractivity contribution in [3.05, 3.63) is 71.9 Å². The van der Waals surface area contributed by atoms with E-state index in [1.54, 1.807) is 12.4 Å². The lowest BCUT2D eigenvalue weighted by Gasteiger charge is -2.08. The fourth-order valence-electron chi connectivity index (χ4n) is 3.09. The fourth-order valence-corrected chi connectivity index (χ4v) is 3.09. The van der Waals surface area contributed by atoms with Gasteiger partial charge in [-0.3, -0.25) is 10.4 Å². The molecule has 0 saturated heterocycles. The molecule has 0 bridgehead atoms. The van der Waals surface area contributed by atoms with E-state index in [1.165, 1.54) is 0 Å². The molecule has 0 amide bonds. The van der Waals surface area contributed by atoms with Crippen LogP contribution in [0.15, 0.2) is 65.9 Å². The Bertz CT molecular complexity index is 1130. The van der Waals surface area contributed by atoms with Gasteiger partial charge in [0.1, 0.15) is 11.6 Å². The van der Waals surface area contributed by atoms with E-state index in [0.29, 0.717) is 12.4 Å². The zero-order valence-corrected chi connectivity index (χ0v) is 15.3. The quantitative estimate of drug-likeness (QED) is 0.407. The second-order valence-electron chi connectivity index (χ2n) is 6.22. The van der Waals surface area contributed by atoms with Crippen LogP contribution >= 0.6 is 0 Å². The first kappa shape index (κ1) is 17.0. The van der Waals surface area contributed by atoms with Gasteiger partial charge in [0.15, 0.2) is 0 Å². The van der Waals surface area contributed by atoms with Gasteiger partial charge in [-0.25, -0.2) is 4.98 Å². The van der Waals surface area contributed by atoms with Crippen molar-refractivity contribution in [1.82, 2.24) is 9.97 Å². The summed E-state index contributed by atoms with van der Waals surface area (Å²) in [6.45, 7) is 4.67. The molecule has 0 atom stereocenters. The highest BCUT2D eigenvalue weighted by molar-refractivity contribution is 5.98. The van der Waals surface area contributed by atoms with Crippen LogP contribution in [0.25, 0.3) is 21.8 Å². The maximum atomic E-state index is 5.58. The largest absolute Gasteiger partial charge is 0.494 e. The van der Waals surface area contributed by atoms with Gasteiger partial charge >= 0.3 is 0 Å². The number of aromatic nitrogens is 2. The van der Waals surface area contributed by atoms with Crippen LogP contribution in [-0.4, -0.2) is 22.8 Å². The second kappa shape index (κ2) is 7.41. The average molecular weight is 356 g/mol. The van der Waals surface area contributed by atoms with Gasteiger partial charge in [-0.15, -0.1) is 0 Å². The predicted molar refractivity (Wildman–Crippen MR) is 111 cm³/mol. The Morgan fingerprint density at radius 2 is 1.93 bits per heavy atom. The molecule has 5 heteroatoms. The molecule has 2 heterocycles. The molecule has 2 aromatic carbocycles. The molecule has 0 aliphatic carbocycles. The molecule has 134 valence electrons. The molecule has 0 spiro atoms. The van der Waals surface area contributed by atoms with E-state index in [4.69, 9.17) is 4.74 Å². The van der Waals surface area contributed by atoms with Crippen LogP contribution in [0.5, 0.6) is 5.75 Å². The van der Waals surface area contributed by atoms with Crippen molar-refractivity contribution < 1.29 is 4.74 Å². The van der Waals surface area contributed by atoms with E-state index in [2.05, 4.69) is 27.4 Å². The number of pyridine rings is 2. The first-order chi connectivity index (χ1) is 13.2. The van der Waals surface area contributed by atoms with Crippen LogP contribution in [0.1, 0.15) is 18.1 Å². The Hall–Kier alpha value is -3.47. The van der Waals surface area contributed by atoms with E-state index in [-0.39, 0.29) is 0 Å². The summed E-state index contributed by atoms with van der Waals surface area (Å²) < 4.78 is 5.58. The van der Waals surface area contributed by atoms with Crippen molar-refractivity contribution in [1.29, 1.82) is 0 Å². The summed E-state index contributed by atoms with van der Waals surface area (Å²) in [5, 5.41) is 6.54. The van der Waals surface area contributed by atoms with Crippen LogP contribution in [0.2, 0.25) is 0 Å². The smallest absolute Gasteiger partial charge is 0.147 e. The molecule has 0 aliphatic rings. The first-order valence-corrected chi connectivity index (χ1v) is 8.91. The number of aryl methyl sites for hydroxylation is 1. The van der Waals surface area contributed by atoms with Crippen molar-refractivity contribution in [3.8, 4) is 5.75 Å². The van der Waals surface area contributed by atoms with Crippen LogP contribution in [-0.2, 0) is 0 Å². The van der Waals surface area contributed by atoms with Crippen LogP contribution in [0, 0.1) is 6.92 Å². The molecule has 4 rings (SSSR count). The minimum absolute atomic E-state index is 0.632. The van der Waals surface area contributed by atoms with Gasteiger partial charge in [-0.1, -0.05) is 18.2 Å². The number of anilines is 1. The number of hydrogen-bond acceptors (Lipinski definition) is 5. The van der Waals surface area contributed by atoms with E-state index in [1.807, 2.05) is 61.5 Å². The maximum Gasteiger partial charge on any atom is 0.147 e. The van der Waals surface area contributed by atoms with Gasteiger partial charge in [-0.2, -0.15) is 5.10 Å². The molecule has 0 saturated carbocycles. The summed E-state index contributed by atoms with van der Waals surface area (Å²) in [7, 11) is 0. The summed E-state index contributed by atoms with van der Waals surface area (Å²) >= 11 is 0. The average Bonchev–Trinajstić information content (AvgIpc) is 2.68. The van der Waals surface area contributed by atoms with Crippen LogP contribution in [0.4, 0.5) is 5.82 Å². The van der Waals surface area contributed by atoms with Crippen LogP contribution in [0.3, 0.4) is 0 Å². The monoisotopic (exact) mass is 356 g/mol. The number of hydrogen-bond donors (Lipinski definition) is 1. The summed E-state index contributed by atoms with van der Waals surface area (Å²) in [4.78, 5) is 9.03. The fraction of sp³-hybridized carbons (Fsp3) is 0.136. The highest BCUT2D eigenvalue weighted by atomic mass is 16.5. The summed E-state index contributed by atoms with van der Waals surface area (Å²) in [6, 6.07) is 17.9. The molecule has 1 N–H and O–H groups in total. The number of nitrogens with one attached hydrogen (secondary N) is 1. The third-order valence-electron chi connectivity index (χ3n) is 4.36. The molecule has 0 unspecified atom stereocenters. The molecule has 0 fully saturated rings. The van der Waals surface area contributed by atoms with Gasteiger partial charge in [0.2, 0.25) is 0 Å². The predicted octanol–water partition coefficient (Wildman–Crippen LogP) is 4.94. The Morgan fingerprint density at radius 3 is 2.81 bits per heavy atom. The Balaban J connectivity index is 1.62. The molecular formula is C22H20N4O. The van der Waals surface area contributed by atoms with E-state index >= 15 is 0 Å². The summed E-state index contributed by atoms with van der Waals surface area (Å²) in [6.07, 6.45) is 3.58. The van der Waals surface area contributed by atoms with Gasteiger partial charge in [0, 0.05) is 28.6 Å². The Kier molecular flexibility index (Phi) is 4.66.